The lowest BCUT2D eigenvalue weighted by molar-refractivity contribution is -0.0709. The number of carbonyl (C=O) groups is 1. The fourth-order valence-electron chi connectivity index (χ4n) is 1.08. The van der Waals surface area contributed by atoms with Gasteiger partial charge in [0.2, 0.25) is 0 Å². The highest BCUT2D eigenvalue weighted by Gasteiger charge is 2.16. The highest BCUT2D eigenvalue weighted by molar-refractivity contribution is 5.65. The topological polar surface area (TPSA) is 49.8 Å². The Balaban J connectivity index is 3.69. The van der Waals surface area contributed by atoms with E-state index >= 15 is 0 Å². The van der Waals surface area contributed by atoms with Crippen molar-refractivity contribution in [2.45, 2.75) is 40.0 Å². The second kappa shape index (κ2) is 5.86. The molecule has 0 heterocycles. The smallest absolute Gasteiger partial charge is 0.433 e. The molecule has 0 aliphatic heterocycles. The average molecular weight is 203 g/mol. The highest BCUT2D eigenvalue weighted by atomic mass is 16.6. The van der Waals surface area contributed by atoms with E-state index in [-0.39, 0.29) is 5.41 Å². The maximum absolute atomic E-state index is 10.8. The summed E-state index contributed by atoms with van der Waals surface area (Å²) in [5, 5.41) is 9.76. The number of ether oxygens (including phenoxy) is 1. The second-order valence-corrected chi connectivity index (χ2v) is 4.21. The fraction of sp³-hybridized carbons (Fsp3) is 0.900. The normalized spacial score (nSPS) is 11.2. The fourth-order valence-corrected chi connectivity index (χ4v) is 1.08. The van der Waals surface area contributed by atoms with Gasteiger partial charge in [0.1, 0.15) is 0 Å². The first-order chi connectivity index (χ1) is 6.43. The van der Waals surface area contributed by atoms with Crippen LogP contribution in [-0.2, 0) is 4.74 Å². The van der Waals surface area contributed by atoms with Crippen LogP contribution in [0.1, 0.15) is 40.0 Å². The van der Waals surface area contributed by atoms with Crippen molar-refractivity contribution in [3.05, 3.63) is 0 Å². The zero-order valence-electron chi connectivity index (χ0n) is 9.54. The Labute approximate surface area is 85.8 Å². The molecule has 0 spiro atoms. The van der Waals surface area contributed by atoms with Gasteiger partial charge in [-0.25, -0.2) is 4.79 Å². The van der Waals surface area contributed by atoms with E-state index in [4.69, 9.17) is 5.21 Å². The van der Waals surface area contributed by atoms with Crippen molar-refractivity contribution in [2.75, 3.05) is 13.7 Å². The minimum atomic E-state index is -0.695. The largest absolute Gasteiger partial charge is 0.451 e. The minimum Gasteiger partial charge on any atom is -0.451 e. The molecule has 0 fully saturated rings. The van der Waals surface area contributed by atoms with Crippen LogP contribution >= 0.6 is 0 Å². The van der Waals surface area contributed by atoms with E-state index in [1.165, 1.54) is 7.11 Å². The van der Waals surface area contributed by atoms with Crippen LogP contribution in [0, 0.1) is 5.41 Å². The molecule has 0 bridgehead atoms. The summed E-state index contributed by atoms with van der Waals surface area (Å²) < 4.78 is 4.36. The van der Waals surface area contributed by atoms with Gasteiger partial charge in [0.05, 0.1) is 13.7 Å². The average Bonchev–Trinajstić information content (AvgIpc) is 2.16. The van der Waals surface area contributed by atoms with Crippen LogP contribution in [0.15, 0.2) is 0 Å². The summed E-state index contributed by atoms with van der Waals surface area (Å²) in [5.74, 6) is 0. The Kier molecular flexibility index (Phi) is 5.53. The molecule has 0 aliphatic carbocycles. The number of amides is 1. The van der Waals surface area contributed by atoms with Gasteiger partial charge in [0, 0.05) is 0 Å². The molecule has 0 saturated heterocycles. The first-order valence-corrected chi connectivity index (χ1v) is 4.97. The van der Waals surface area contributed by atoms with Crippen molar-refractivity contribution in [1.82, 2.24) is 5.06 Å². The Morgan fingerprint density at radius 1 is 1.50 bits per heavy atom. The number of hydroxylamine groups is 2. The second-order valence-electron chi connectivity index (χ2n) is 4.21. The lowest BCUT2D eigenvalue weighted by Gasteiger charge is -2.23. The molecule has 0 radical (unpaired) electrons. The maximum Gasteiger partial charge on any atom is 0.433 e. The summed E-state index contributed by atoms with van der Waals surface area (Å²) in [7, 11) is 1.25. The van der Waals surface area contributed by atoms with E-state index in [0.29, 0.717) is 11.6 Å². The van der Waals surface area contributed by atoms with E-state index in [2.05, 4.69) is 25.5 Å². The number of hydrogen-bond donors (Lipinski definition) is 1. The molecule has 0 saturated carbocycles. The number of hydrogen-bond acceptors (Lipinski definition) is 3. The summed E-state index contributed by atoms with van der Waals surface area (Å²) >= 11 is 0. The van der Waals surface area contributed by atoms with Gasteiger partial charge in [-0.2, -0.15) is 5.06 Å². The third-order valence-electron chi connectivity index (χ3n) is 2.57. The van der Waals surface area contributed by atoms with Gasteiger partial charge < -0.3 is 4.74 Å². The molecule has 1 N–H and O–H groups in total. The summed E-state index contributed by atoms with van der Waals surface area (Å²) in [6.45, 7) is 6.81. The molecule has 0 aromatic rings. The molecular formula is C10H21NO3. The molecule has 4 heteroatoms. The van der Waals surface area contributed by atoms with E-state index in [0.717, 1.165) is 19.3 Å². The van der Waals surface area contributed by atoms with Crippen LogP contribution in [0.5, 0.6) is 0 Å². The Bertz CT molecular complexity index is 180. The van der Waals surface area contributed by atoms with E-state index in [1.807, 2.05) is 0 Å². The van der Waals surface area contributed by atoms with Crippen LogP contribution in [0.25, 0.3) is 0 Å². The lowest BCUT2D eigenvalue weighted by atomic mass is 9.85. The summed E-state index contributed by atoms with van der Waals surface area (Å²) in [6.07, 6.45) is 2.17. The van der Waals surface area contributed by atoms with Gasteiger partial charge in [0.25, 0.3) is 0 Å². The number of nitrogens with zero attached hydrogens (tertiary/aromatic N) is 1. The molecule has 14 heavy (non-hydrogen) atoms. The molecule has 0 atom stereocenters. The van der Waals surface area contributed by atoms with Crippen molar-refractivity contribution in [2.24, 2.45) is 5.41 Å². The predicted molar refractivity (Wildman–Crippen MR) is 54.2 cm³/mol. The third kappa shape index (κ3) is 5.07. The van der Waals surface area contributed by atoms with Crippen LogP contribution in [0.3, 0.4) is 0 Å². The summed E-state index contributed by atoms with van der Waals surface area (Å²) in [5.41, 5.74) is 0.275. The summed E-state index contributed by atoms with van der Waals surface area (Å²) in [6, 6.07) is 0. The van der Waals surface area contributed by atoms with E-state index in [9.17, 15) is 4.79 Å². The first-order valence-electron chi connectivity index (χ1n) is 4.97. The molecule has 1 amide bonds. The van der Waals surface area contributed by atoms with Crippen LogP contribution < -0.4 is 0 Å². The molecule has 4 nitrogen and oxygen atoms in total. The first kappa shape index (κ1) is 13.2. The Morgan fingerprint density at radius 3 is 2.50 bits per heavy atom. The van der Waals surface area contributed by atoms with Crippen LogP contribution in [0.2, 0.25) is 0 Å². The van der Waals surface area contributed by atoms with Gasteiger partial charge >= 0.3 is 6.09 Å². The SMILES string of the molecule is CCC(C)(C)CCCN(O)C(=O)OC. The van der Waals surface area contributed by atoms with Crippen LogP contribution in [0.4, 0.5) is 4.79 Å². The Morgan fingerprint density at radius 2 is 2.07 bits per heavy atom. The minimum absolute atomic E-state index is 0.275. The predicted octanol–water partition coefficient (Wildman–Crippen LogP) is 2.66. The summed E-state index contributed by atoms with van der Waals surface area (Å²) in [4.78, 5) is 10.8. The number of methoxy groups -OCH3 is 1. The zero-order valence-corrected chi connectivity index (χ0v) is 9.54. The van der Waals surface area contributed by atoms with Crippen molar-refractivity contribution < 1.29 is 14.7 Å². The van der Waals surface area contributed by atoms with Gasteiger partial charge in [-0.05, 0) is 18.3 Å². The van der Waals surface area contributed by atoms with Crippen molar-refractivity contribution in [1.29, 1.82) is 0 Å². The monoisotopic (exact) mass is 203 g/mol. The molecule has 0 unspecified atom stereocenters. The maximum atomic E-state index is 10.8. The standard InChI is InChI=1S/C10H21NO3/c1-5-10(2,3)7-6-8-11(13)9(12)14-4/h13H,5-8H2,1-4H3. The lowest BCUT2D eigenvalue weighted by Crippen LogP contribution is -2.28. The molecular weight excluding hydrogens is 182 g/mol. The molecule has 84 valence electrons. The number of carbonyl (C=O) groups excluding carboxylic acids is 1. The van der Waals surface area contributed by atoms with Crippen molar-refractivity contribution in [3.63, 3.8) is 0 Å². The van der Waals surface area contributed by atoms with Gasteiger partial charge in [0.15, 0.2) is 0 Å². The molecule has 0 aliphatic rings. The van der Waals surface area contributed by atoms with Crippen molar-refractivity contribution in [3.8, 4) is 0 Å². The van der Waals surface area contributed by atoms with Gasteiger partial charge in [-0.1, -0.05) is 27.2 Å². The zero-order chi connectivity index (χ0) is 11.2. The number of rotatable bonds is 5. The van der Waals surface area contributed by atoms with Gasteiger partial charge in [-0.3, -0.25) is 5.21 Å². The van der Waals surface area contributed by atoms with Gasteiger partial charge in [-0.15, -0.1) is 0 Å². The molecule has 0 aromatic carbocycles. The van der Waals surface area contributed by atoms with E-state index < -0.39 is 6.09 Å². The highest BCUT2D eigenvalue weighted by Crippen LogP contribution is 2.25. The van der Waals surface area contributed by atoms with Crippen LogP contribution in [-0.4, -0.2) is 30.0 Å². The third-order valence-corrected chi connectivity index (χ3v) is 2.57. The molecule has 0 aromatic heterocycles. The van der Waals surface area contributed by atoms with Crippen molar-refractivity contribution >= 4 is 6.09 Å². The van der Waals surface area contributed by atoms with E-state index in [1.54, 1.807) is 0 Å². The Hall–Kier alpha value is -0.770. The molecule has 0 rings (SSSR count). The quantitative estimate of drug-likeness (QED) is 0.552.